The van der Waals surface area contributed by atoms with E-state index >= 15 is 0 Å². The van der Waals surface area contributed by atoms with Crippen LogP contribution in [0.2, 0.25) is 10.0 Å². The van der Waals surface area contributed by atoms with Gasteiger partial charge in [0.15, 0.2) is 6.61 Å². The highest BCUT2D eigenvalue weighted by atomic mass is 35.5. The van der Waals surface area contributed by atoms with E-state index in [1.807, 2.05) is 32.0 Å². The Morgan fingerprint density at radius 2 is 1.48 bits per heavy atom. The van der Waals surface area contributed by atoms with Crippen molar-refractivity contribution in [2.45, 2.75) is 26.7 Å². The molecule has 132 valence electrons. The van der Waals surface area contributed by atoms with Gasteiger partial charge in [-0.15, -0.1) is 0 Å². The lowest BCUT2D eigenvalue weighted by molar-refractivity contribution is -0.119. The van der Waals surface area contributed by atoms with Crippen molar-refractivity contribution < 1.29 is 14.3 Å². The number of ether oxygens (including phenoxy) is 1. The summed E-state index contributed by atoms with van der Waals surface area (Å²) in [6, 6.07) is 10.6. The smallest absolute Gasteiger partial charge is 0.341 e. The predicted octanol–water partition coefficient (Wildman–Crippen LogP) is 4.91. The van der Waals surface area contributed by atoms with Crippen molar-refractivity contribution >= 4 is 40.8 Å². The zero-order valence-electron chi connectivity index (χ0n) is 14.1. The van der Waals surface area contributed by atoms with Gasteiger partial charge in [-0.1, -0.05) is 61.3 Å². The monoisotopic (exact) mass is 379 g/mol. The zero-order valence-corrected chi connectivity index (χ0v) is 15.6. The number of amides is 1. The lowest BCUT2D eigenvalue weighted by Gasteiger charge is -2.14. The summed E-state index contributed by atoms with van der Waals surface area (Å²) >= 11 is 11.9. The summed E-state index contributed by atoms with van der Waals surface area (Å²) in [5.74, 6) is -1.14. The van der Waals surface area contributed by atoms with Crippen LogP contribution in [0.25, 0.3) is 0 Å². The second kappa shape index (κ2) is 8.88. The molecule has 4 nitrogen and oxygen atoms in total. The number of para-hydroxylation sites is 1. The quantitative estimate of drug-likeness (QED) is 0.725. The first-order valence-corrected chi connectivity index (χ1v) is 8.75. The van der Waals surface area contributed by atoms with E-state index in [1.165, 1.54) is 12.1 Å². The summed E-state index contributed by atoms with van der Waals surface area (Å²) in [5.41, 5.74) is 2.91. The van der Waals surface area contributed by atoms with Gasteiger partial charge >= 0.3 is 5.97 Å². The van der Waals surface area contributed by atoms with Crippen LogP contribution in [0.1, 0.15) is 35.3 Å². The van der Waals surface area contributed by atoms with Gasteiger partial charge in [0, 0.05) is 5.69 Å². The first-order valence-electron chi connectivity index (χ1n) is 7.99. The van der Waals surface area contributed by atoms with Crippen molar-refractivity contribution in [1.82, 2.24) is 0 Å². The summed E-state index contributed by atoms with van der Waals surface area (Å²) in [7, 11) is 0. The molecule has 1 amide bonds. The maximum absolute atomic E-state index is 12.2. The van der Waals surface area contributed by atoms with Gasteiger partial charge in [-0.3, -0.25) is 4.79 Å². The number of esters is 1. The van der Waals surface area contributed by atoms with Crippen molar-refractivity contribution in [2.24, 2.45) is 0 Å². The molecule has 0 heterocycles. The fourth-order valence-corrected chi connectivity index (χ4v) is 3.03. The van der Waals surface area contributed by atoms with Crippen LogP contribution < -0.4 is 5.32 Å². The van der Waals surface area contributed by atoms with Crippen molar-refractivity contribution in [3.63, 3.8) is 0 Å². The van der Waals surface area contributed by atoms with E-state index in [9.17, 15) is 9.59 Å². The zero-order chi connectivity index (χ0) is 18.4. The van der Waals surface area contributed by atoms with Crippen LogP contribution in [-0.2, 0) is 22.4 Å². The molecule has 0 aliphatic carbocycles. The Morgan fingerprint density at radius 3 is 2.00 bits per heavy atom. The summed E-state index contributed by atoms with van der Waals surface area (Å²) < 4.78 is 5.05. The molecule has 6 heteroatoms. The van der Waals surface area contributed by atoms with Gasteiger partial charge in [-0.05, 0) is 36.1 Å². The number of nitrogens with one attached hydrogen (secondary N) is 1. The van der Waals surface area contributed by atoms with Gasteiger partial charge in [0.05, 0.1) is 15.6 Å². The second-order valence-corrected chi connectivity index (χ2v) is 6.19. The molecule has 0 spiro atoms. The fourth-order valence-electron chi connectivity index (χ4n) is 2.47. The van der Waals surface area contributed by atoms with Crippen molar-refractivity contribution in [2.75, 3.05) is 11.9 Å². The van der Waals surface area contributed by atoms with E-state index in [-0.39, 0.29) is 15.6 Å². The fraction of sp³-hybridized carbons (Fsp3) is 0.263. The predicted molar refractivity (Wildman–Crippen MR) is 101 cm³/mol. The minimum atomic E-state index is -0.731. The summed E-state index contributed by atoms with van der Waals surface area (Å²) in [6.45, 7) is 3.62. The average Bonchev–Trinajstić information content (AvgIpc) is 2.60. The highest BCUT2D eigenvalue weighted by molar-refractivity contribution is 6.39. The van der Waals surface area contributed by atoms with Gasteiger partial charge in [-0.25, -0.2) is 4.79 Å². The van der Waals surface area contributed by atoms with E-state index in [2.05, 4.69) is 5.32 Å². The van der Waals surface area contributed by atoms with Gasteiger partial charge in [-0.2, -0.15) is 0 Å². The highest BCUT2D eigenvalue weighted by Crippen LogP contribution is 2.25. The van der Waals surface area contributed by atoms with Gasteiger partial charge < -0.3 is 10.1 Å². The summed E-state index contributed by atoms with van der Waals surface area (Å²) in [6.07, 6.45) is 1.58. The number of aryl methyl sites for hydroxylation is 2. The van der Waals surface area contributed by atoms with Crippen molar-refractivity contribution in [1.29, 1.82) is 0 Å². The van der Waals surface area contributed by atoms with E-state index in [1.54, 1.807) is 6.07 Å². The second-order valence-electron chi connectivity index (χ2n) is 5.38. The van der Waals surface area contributed by atoms with Crippen LogP contribution in [-0.4, -0.2) is 18.5 Å². The Labute approximate surface area is 157 Å². The van der Waals surface area contributed by atoms with Crippen LogP contribution in [0, 0.1) is 0 Å². The maximum atomic E-state index is 12.2. The molecule has 0 saturated heterocycles. The number of hydrogen-bond acceptors (Lipinski definition) is 3. The van der Waals surface area contributed by atoms with Crippen molar-refractivity contribution in [3.8, 4) is 0 Å². The Bertz CT molecular complexity index is 748. The first kappa shape index (κ1) is 19.3. The molecule has 0 fully saturated rings. The minimum absolute atomic E-state index is 0.0573. The normalized spacial score (nSPS) is 10.4. The molecule has 0 saturated carbocycles. The largest absolute Gasteiger partial charge is 0.452 e. The molecule has 0 aliphatic heterocycles. The molecule has 25 heavy (non-hydrogen) atoms. The molecule has 0 atom stereocenters. The van der Waals surface area contributed by atoms with Gasteiger partial charge in [0.1, 0.15) is 0 Å². The number of rotatable bonds is 6. The molecule has 0 radical (unpaired) electrons. The summed E-state index contributed by atoms with van der Waals surface area (Å²) in [4.78, 5) is 24.3. The van der Waals surface area contributed by atoms with Crippen LogP contribution in [0.15, 0.2) is 36.4 Å². The Balaban J connectivity index is 2.06. The Morgan fingerprint density at radius 1 is 0.960 bits per heavy atom. The lowest BCUT2D eigenvalue weighted by Crippen LogP contribution is -2.22. The SMILES string of the molecule is CCc1cccc(CC)c1NC(=O)COC(=O)c1c(Cl)cccc1Cl. The number of anilines is 1. The molecular formula is C19H19Cl2NO3. The third kappa shape index (κ3) is 4.74. The minimum Gasteiger partial charge on any atom is -0.452 e. The number of hydrogen-bond donors (Lipinski definition) is 1. The number of halogens is 2. The molecule has 1 N–H and O–H groups in total. The summed E-state index contributed by atoms with van der Waals surface area (Å²) in [5, 5.41) is 3.20. The third-order valence-corrected chi connectivity index (χ3v) is 4.39. The van der Waals surface area contributed by atoms with Crippen LogP contribution in [0.3, 0.4) is 0 Å². The molecule has 0 unspecified atom stereocenters. The van der Waals surface area contributed by atoms with E-state index in [0.29, 0.717) is 0 Å². The van der Waals surface area contributed by atoms with E-state index < -0.39 is 18.5 Å². The van der Waals surface area contributed by atoms with Gasteiger partial charge in [0.25, 0.3) is 5.91 Å². The molecule has 2 rings (SSSR count). The standard InChI is InChI=1S/C19H19Cl2NO3/c1-3-12-7-5-8-13(4-2)18(12)22-16(23)11-25-19(24)17-14(20)9-6-10-15(17)21/h5-10H,3-4,11H2,1-2H3,(H,22,23). The van der Waals surface area contributed by atoms with Crippen LogP contribution in [0.5, 0.6) is 0 Å². The van der Waals surface area contributed by atoms with E-state index in [4.69, 9.17) is 27.9 Å². The van der Waals surface area contributed by atoms with Gasteiger partial charge in [0.2, 0.25) is 0 Å². The molecule has 2 aromatic rings. The molecular weight excluding hydrogens is 361 g/mol. The third-order valence-electron chi connectivity index (χ3n) is 3.76. The molecule has 0 aliphatic rings. The van der Waals surface area contributed by atoms with Crippen molar-refractivity contribution in [3.05, 3.63) is 63.1 Å². The topological polar surface area (TPSA) is 55.4 Å². The van der Waals surface area contributed by atoms with E-state index in [0.717, 1.165) is 29.7 Å². The number of benzene rings is 2. The lowest BCUT2D eigenvalue weighted by atomic mass is 10.0. The number of carbonyl (C=O) groups excluding carboxylic acids is 2. The maximum Gasteiger partial charge on any atom is 0.341 e. The molecule has 0 aromatic heterocycles. The Hall–Kier alpha value is -2.04. The molecule has 0 bridgehead atoms. The van der Waals surface area contributed by atoms with Crippen LogP contribution in [0.4, 0.5) is 5.69 Å². The average molecular weight is 380 g/mol. The Kier molecular flexibility index (Phi) is 6.85. The number of carbonyl (C=O) groups is 2. The first-order chi connectivity index (χ1) is 12.0. The molecule has 2 aromatic carbocycles. The highest BCUT2D eigenvalue weighted by Gasteiger charge is 2.18. The van der Waals surface area contributed by atoms with Crippen LogP contribution >= 0.6 is 23.2 Å².